The summed E-state index contributed by atoms with van der Waals surface area (Å²) in [4.78, 5) is 4.12. The topological polar surface area (TPSA) is 54.7 Å². The summed E-state index contributed by atoms with van der Waals surface area (Å²) in [6.07, 6.45) is 4.98. The van der Waals surface area contributed by atoms with Crippen molar-refractivity contribution in [3.8, 4) is 11.5 Å². The molecule has 1 aliphatic rings. The highest BCUT2D eigenvalue weighted by Gasteiger charge is 2.45. The van der Waals surface area contributed by atoms with E-state index in [4.69, 9.17) is 42.1 Å². The zero-order valence-corrected chi connectivity index (χ0v) is 20.4. The molecule has 2 heterocycles. The Morgan fingerprint density at radius 1 is 0.971 bits per heavy atom. The van der Waals surface area contributed by atoms with Crippen molar-refractivity contribution in [2.45, 2.75) is 25.0 Å². The molecule has 2 atom stereocenters. The maximum absolute atomic E-state index is 6.53. The molecule has 8 heteroatoms. The van der Waals surface area contributed by atoms with Gasteiger partial charge in [-0.15, -0.1) is 0 Å². The zero-order valence-electron chi connectivity index (χ0n) is 18.8. The van der Waals surface area contributed by atoms with Crippen LogP contribution >= 0.6 is 23.2 Å². The first-order valence-electron chi connectivity index (χ1n) is 11.2. The van der Waals surface area contributed by atoms with Crippen LogP contribution in [0, 0.1) is 0 Å². The molecule has 0 amide bonds. The summed E-state index contributed by atoms with van der Waals surface area (Å²) in [5.41, 5.74) is 1.82. The predicted octanol–water partition coefficient (Wildman–Crippen LogP) is 6.12. The zero-order chi connectivity index (χ0) is 24.1. The Labute approximate surface area is 213 Å². The number of ether oxygens (including phenoxy) is 4. The van der Waals surface area contributed by atoms with Crippen LogP contribution in [0.5, 0.6) is 11.5 Å². The Bertz CT molecular complexity index is 1240. The van der Waals surface area contributed by atoms with Crippen LogP contribution in [-0.2, 0) is 28.4 Å². The summed E-state index contributed by atoms with van der Waals surface area (Å²) in [5.74, 6) is 0.418. The largest absolute Gasteiger partial charge is 0.491 e. The van der Waals surface area contributed by atoms with Gasteiger partial charge in [0.25, 0.3) is 0 Å². The minimum atomic E-state index is -1.08. The van der Waals surface area contributed by atoms with Gasteiger partial charge in [0, 0.05) is 23.0 Å². The smallest absolute Gasteiger partial charge is 0.215 e. The van der Waals surface area contributed by atoms with Crippen LogP contribution in [0.4, 0.5) is 0 Å². The molecule has 0 saturated carbocycles. The highest BCUT2D eigenvalue weighted by molar-refractivity contribution is 6.35. The molecule has 2 unspecified atom stereocenters. The normalized spacial score (nSPS) is 19.5. The Kier molecular flexibility index (Phi) is 7.25. The summed E-state index contributed by atoms with van der Waals surface area (Å²) in [6.45, 7) is 1.58. The molecule has 0 spiro atoms. The van der Waals surface area contributed by atoms with Crippen molar-refractivity contribution < 1.29 is 18.9 Å². The third kappa shape index (κ3) is 5.80. The lowest BCUT2D eigenvalue weighted by Crippen LogP contribution is -2.34. The molecule has 1 fully saturated rings. The van der Waals surface area contributed by atoms with Gasteiger partial charge >= 0.3 is 0 Å². The molecular weight excluding hydrogens is 487 g/mol. The van der Waals surface area contributed by atoms with E-state index >= 15 is 0 Å². The van der Waals surface area contributed by atoms with Gasteiger partial charge in [0.1, 0.15) is 30.8 Å². The number of aromatic nitrogens is 2. The lowest BCUT2D eigenvalue weighted by molar-refractivity contribution is -0.189. The second kappa shape index (κ2) is 10.7. The van der Waals surface area contributed by atoms with E-state index in [0.29, 0.717) is 42.0 Å². The number of benzene rings is 3. The molecule has 0 aliphatic carbocycles. The van der Waals surface area contributed by atoms with Crippen molar-refractivity contribution in [3.05, 3.63) is 113 Å². The SMILES string of the molecule is Clc1ccc(C2(Cn3ccnc3)OCC(COc3ccc(OCc4ccccc4)cc3)O2)c(Cl)c1. The number of halogens is 2. The lowest BCUT2D eigenvalue weighted by Gasteiger charge is -2.30. The molecule has 180 valence electrons. The summed E-state index contributed by atoms with van der Waals surface area (Å²) in [7, 11) is 0. The van der Waals surface area contributed by atoms with Gasteiger partial charge in [-0.25, -0.2) is 4.98 Å². The fourth-order valence-electron chi connectivity index (χ4n) is 3.94. The van der Waals surface area contributed by atoms with Crippen molar-refractivity contribution >= 4 is 23.2 Å². The first-order chi connectivity index (χ1) is 17.1. The van der Waals surface area contributed by atoms with E-state index in [1.165, 1.54) is 0 Å². The van der Waals surface area contributed by atoms with Gasteiger partial charge in [-0.2, -0.15) is 0 Å². The molecule has 1 aromatic heterocycles. The molecule has 0 bridgehead atoms. The van der Waals surface area contributed by atoms with E-state index in [9.17, 15) is 0 Å². The van der Waals surface area contributed by atoms with Gasteiger partial charge in [-0.3, -0.25) is 0 Å². The Morgan fingerprint density at radius 3 is 2.46 bits per heavy atom. The second-order valence-corrected chi connectivity index (χ2v) is 9.06. The van der Waals surface area contributed by atoms with E-state index in [2.05, 4.69) is 4.98 Å². The average Bonchev–Trinajstić information content (AvgIpc) is 3.53. The monoisotopic (exact) mass is 510 g/mol. The molecule has 35 heavy (non-hydrogen) atoms. The summed E-state index contributed by atoms with van der Waals surface area (Å²) < 4.78 is 26.4. The number of hydrogen-bond donors (Lipinski definition) is 0. The Morgan fingerprint density at radius 2 is 1.74 bits per heavy atom. The van der Waals surface area contributed by atoms with Crippen LogP contribution in [0.1, 0.15) is 11.1 Å². The maximum atomic E-state index is 6.53. The van der Waals surface area contributed by atoms with Crippen LogP contribution in [0.25, 0.3) is 0 Å². The van der Waals surface area contributed by atoms with Gasteiger partial charge < -0.3 is 23.5 Å². The molecule has 6 nitrogen and oxygen atoms in total. The van der Waals surface area contributed by atoms with Crippen LogP contribution < -0.4 is 9.47 Å². The van der Waals surface area contributed by atoms with Crippen molar-refractivity contribution in [3.63, 3.8) is 0 Å². The fourth-order valence-corrected chi connectivity index (χ4v) is 4.49. The first-order valence-corrected chi connectivity index (χ1v) is 12.0. The second-order valence-electron chi connectivity index (χ2n) is 8.22. The highest BCUT2D eigenvalue weighted by atomic mass is 35.5. The predicted molar refractivity (Wildman–Crippen MR) is 134 cm³/mol. The van der Waals surface area contributed by atoms with Crippen LogP contribution in [0.15, 0.2) is 91.5 Å². The first kappa shape index (κ1) is 23.7. The third-order valence-corrected chi connectivity index (χ3v) is 6.21. The van der Waals surface area contributed by atoms with Crippen molar-refractivity contribution in [1.29, 1.82) is 0 Å². The Hall–Kier alpha value is -3.03. The van der Waals surface area contributed by atoms with Crippen LogP contribution in [-0.4, -0.2) is 28.9 Å². The average molecular weight is 511 g/mol. The quantitative estimate of drug-likeness (QED) is 0.271. The van der Waals surface area contributed by atoms with Gasteiger partial charge in [-0.05, 0) is 42.0 Å². The summed E-state index contributed by atoms with van der Waals surface area (Å²) in [6, 6.07) is 22.9. The summed E-state index contributed by atoms with van der Waals surface area (Å²) in [5, 5.41) is 1.02. The fraction of sp³-hybridized carbons (Fsp3) is 0.222. The molecule has 3 aromatic carbocycles. The third-order valence-electron chi connectivity index (χ3n) is 5.66. The molecule has 0 N–H and O–H groups in total. The van der Waals surface area contributed by atoms with E-state index in [0.717, 1.165) is 17.1 Å². The Balaban J connectivity index is 1.22. The number of nitrogens with zero attached hydrogens (tertiary/aromatic N) is 2. The summed E-state index contributed by atoms with van der Waals surface area (Å²) >= 11 is 12.6. The van der Waals surface area contributed by atoms with E-state index < -0.39 is 5.79 Å². The molecule has 4 aromatic rings. The minimum Gasteiger partial charge on any atom is -0.491 e. The van der Waals surface area contributed by atoms with E-state index in [-0.39, 0.29) is 6.10 Å². The van der Waals surface area contributed by atoms with Gasteiger partial charge in [0.05, 0.1) is 24.5 Å². The van der Waals surface area contributed by atoms with Crippen LogP contribution in [0.3, 0.4) is 0 Å². The standard InChI is InChI=1S/C27H24Cl2N2O4/c28-21-6-11-25(26(29)14-21)27(18-31-13-12-30-19-31)34-17-24(35-27)16-33-23-9-7-22(8-10-23)32-15-20-4-2-1-3-5-20/h1-14,19,24H,15-18H2. The molecule has 5 rings (SSSR count). The maximum Gasteiger partial charge on any atom is 0.215 e. The molecule has 1 saturated heterocycles. The number of hydrogen-bond acceptors (Lipinski definition) is 5. The molecule has 1 aliphatic heterocycles. The van der Waals surface area contributed by atoms with Crippen molar-refractivity contribution in [2.24, 2.45) is 0 Å². The highest BCUT2D eigenvalue weighted by Crippen LogP contribution is 2.40. The van der Waals surface area contributed by atoms with Crippen molar-refractivity contribution in [1.82, 2.24) is 9.55 Å². The lowest BCUT2D eigenvalue weighted by atomic mass is 10.1. The van der Waals surface area contributed by atoms with E-state index in [1.54, 1.807) is 24.7 Å². The van der Waals surface area contributed by atoms with Crippen LogP contribution in [0.2, 0.25) is 10.0 Å². The van der Waals surface area contributed by atoms with Crippen molar-refractivity contribution in [2.75, 3.05) is 13.2 Å². The molecular formula is C27H24Cl2N2O4. The minimum absolute atomic E-state index is 0.292. The van der Waals surface area contributed by atoms with Gasteiger partial charge in [-0.1, -0.05) is 59.6 Å². The molecule has 0 radical (unpaired) electrons. The number of imidazole rings is 1. The van der Waals surface area contributed by atoms with Gasteiger partial charge in [0.15, 0.2) is 0 Å². The van der Waals surface area contributed by atoms with E-state index in [1.807, 2.05) is 71.4 Å². The number of rotatable bonds is 9. The van der Waals surface area contributed by atoms with Gasteiger partial charge in [0.2, 0.25) is 5.79 Å².